The molecule has 0 radical (unpaired) electrons. The first-order valence-electron chi connectivity index (χ1n) is 14.2. The van der Waals surface area contributed by atoms with Gasteiger partial charge in [0.2, 0.25) is 0 Å². The number of hydrogen-bond acceptors (Lipinski definition) is 6. The van der Waals surface area contributed by atoms with E-state index in [4.69, 9.17) is 18.9 Å². The molecule has 206 valence electrons. The van der Waals surface area contributed by atoms with E-state index in [1.165, 1.54) is 0 Å². The Bertz CT molecular complexity index is 1220. The quantitative estimate of drug-likeness (QED) is 0.0909. The van der Waals surface area contributed by atoms with Gasteiger partial charge in [-0.25, -0.2) is 9.59 Å². The lowest BCUT2D eigenvalue weighted by Gasteiger charge is -2.19. The van der Waals surface area contributed by atoms with Crippen molar-refractivity contribution in [1.82, 2.24) is 0 Å². The summed E-state index contributed by atoms with van der Waals surface area (Å²) in [6.45, 7) is 9.09. The van der Waals surface area contributed by atoms with Crippen LogP contribution < -0.4 is 9.47 Å². The number of aryl methyl sites for hydroxylation is 2. The summed E-state index contributed by atoms with van der Waals surface area (Å²) >= 11 is 0. The largest absolute Gasteiger partial charge is 0.513 e. The Hall–Kier alpha value is -3.28. The van der Waals surface area contributed by atoms with E-state index in [1.54, 1.807) is 0 Å². The SMILES string of the molecule is CCCCCCOC(=O)Oc1c2ccccc2c(OC(=O)OCCCCCC)c2c(CC)c(CC)ccc12. The van der Waals surface area contributed by atoms with Gasteiger partial charge in [-0.2, -0.15) is 0 Å². The van der Waals surface area contributed by atoms with E-state index in [-0.39, 0.29) is 0 Å². The van der Waals surface area contributed by atoms with Crippen molar-refractivity contribution in [3.63, 3.8) is 0 Å². The van der Waals surface area contributed by atoms with Gasteiger partial charge in [-0.3, -0.25) is 0 Å². The van der Waals surface area contributed by atoms with Crippen LogP contribution in [-0.4, -0.2) is 25.5 Å². The van der Waals surface area contributed by atoms with Gasteiger partial charge in [0.25, 0.3) is 0 Å². The van der Waals surface area contributed by atoms with E-state index in [0.717, 1.165) is 80.7 Å². The van der Waals surface area contributed by atoms with Gasteiger partial charge >= 0.3 is 12.3 Å². The van der Waals surface area contributed by atoms with Gasteiger partial charge in [0, 0.05) is 21.5 Å². The van der Waals surface area contributed by atoms with Crippen molar-refractivity contribution in [3.05, 3.63) is 47.5 Å². The molecule has 0 aliphatic rings. The Balaban J connectivity index is 2.02. The van der Waals surface area contributed by atoms with E-state index in [1.807, 2.05) is 30.3 Å². The summed E-state index contributed by atoms with van der Waals surface area (Å²) in [4.78, 5) is 25.5. The summed E-state index contributed by atoms with van der Waals surface area (Å²) in [6, 6.07) is 11.5. The summed E-state index contributed by atoms with van der Waals surface area (Å²) in [5.41, 5.74) is 2.21. The first kappa shape index (κ1) is 29.3. The maximum atomic E-state index is 12.8. The smallest absolute Gasteiger partial charge is 0.434 e. The Morgan fingerprint density at radius 2 is 1.16 bits per heavy atom. The van der Waals surface area contributed by atoms with Crippen LogP contribution in [0.25, 0.3) is 21.5 Å². The Morgan fingerprint density at radius 1 is 0.605 bits per heavy atom. The maximum absolute atomic E-state index is 12.8. The highest BCUT2D eigenvalue weighted by molar-refractivity contribution is 6.13. The average Bonchev–Trinajstić information content (AvgIpc) is 2.93. The van der Waals surface area contributed by atoms with Crippen LogP contribution in [-0.2, 0) is 22.3 Å². The standard InChI is InChI=1S/C32H42O6/c1-5-9-11-15-21-35-31(33)37-29-25-17-13-14-18-26(25)30(38-32(34)36-22-16-12-10-6-2)28-24(8-4)23(7-3)19-20-27(28)29/h13-14,17-20H,5-12,15-16,21-22H2,1-4H3. The van der Waals surface area contributed by atoms with Crippen molar-refractivity contribution in [2.45, 2.75) is 91.9 Å². The summed E-state index contributed by atoms with van der Waals surface area (Å²) in [5.74, 6) is 0.841. The Labute approximate surface area is 226 Å². The fourth-order valence-corrected chi connectivity index (χ4v) is 4.84. The minimum absolute atomic E-state index is 0.320. The number of carbonyl (C=O) groups is 2. The molecule has 0 aliphatic carbocycles. The van der Waals surface area contributed by atoms with Crippen molar-refractivity contribution < 1.29 is 28.5 Å². The number of hydrogen-bond donors (Lipinski definition) is 0. The molecule has 3 rings (SSSR count). The molecular formula is C32H42O6. The van der Waals surface area contributed by atoms with E-state index in [0.29, 0.717) is 40.9 Å². The van der Waals surface area contributed by atoms with Crippen LogP contribution in [0.15, 0.2) is 36.4 Å². The molecule has 0 heterocycles. The van der Waals surface area contributed by atoms with Crippen molar-refractivity contribution >= 4 is 33.9 Å². The van der Waals surface area contributed by atoms with Crippen LogP contribution in [0.5, 0.6) is 11.5 Å². The van der Waals surface area contributed by atoms with Crippen LogP contribution in [0.1, 0.15) is 90.2 Å². The fourth-order valence-electron chi connectivity index (χ4n) is 4.84. The zero-order chi connectivity index (χ0) is 27.3. The second-order valence-corrected chi connectivity index (χ2v) is 9.56. The number of ether oxygens (including phenoxy) is 4. The molecule has 0 fully saturated rings. The van der Waals surface area contributed by atoms with Crippen LogP contribution in [0.4, 0.5) is 9.59 Å². The molecule has 0 amide bonds. The first-order chi connectivity index (χ1) is 18.5. The average molecular weight is 523 g/mol. The lowest BCUT2D eigenvalue weighted by atomic mass is 9.91. The third-order valence-corrected chi connectivity index (χ3v) is 6.84. The van der Waals surface area contributed by atoms with Gasteiger partial charge < -0.3 is 18.9 Å². The zero-order valence-electron chi connectivity index (χ0n) is 23.4. The third-order valence-electron chi connectivity index (χ3n) is 6.84. The molecule has 0 aromatic heterocycles. The lowest BCUT2D eigenvalue weighted by molar-refractivity contribution is 0.0965. The van der Waals surface area contributed by atoms with Gasteiger partial charge in [0.15, 0.2) is 5.75 Å². The predicted octanol–water partition coefficient (Wildman–Crippen LogP) is 9.31. The summed E-state index contributed by atoms with van der Waals surface area (Å²) in [6.07, 6.45) is 8.16. The second-order valence-electron chi connectivity index (χ2n) is 9.56. The molecule has 0 atom stereocenters. The minimum Gasteiger partial charge on any atom is -0.434 e. The molecule has 0 N–H and O–H groups in total. The van der Waals surface area contributed by atoms with Crippen LogP contribution in [0.3, 0.4) is 0 Å². The van der Waals surface area contributed by atoms with E-state index >= 15 is 0 Å². The van der Waals surface area contributed by atoms with Crippen LogP contribution in [0.2, 0.25) is 0 Å². The number of carbonyl (C=O) groups excluding carboxylic acids is 2. The summed E-state index contributed by atoms with van der Waals surface area (Å²) in [7, 11) is 0. The molecule has 0 aliphatic heterocycles. The molecule has 3 aromatic carbocycles. The second kappa shape index (κ2) is 15.2. The number of rotatable bonds is 14. The number of unbranched alkanes of at least 4 members (excludes halogenated alkanes) is 6. The van der Waals surface area contributed by atoms with Crippen molar-refractivity contribution in [2.24, 2.45) is 0 Å². The number of benzene rings is 3. The summed E-state index contributed by atoms with van der Waals surface area (Å²) < 4.78 is 22.6. The molecule has 38 heavy (non-hydrogen) atoms. The molecular weight excluding hydrogens is 480 g/mol. The van der Waals surface area contributed by atoms with Crippen molar-refractivity contribution in [3.8, 4) is 11.5 Å². The van der Waals surface area contributed by atoms with E-state index in [9.17, 15) is 9.59 Å². The lowest BCUT2D eigenvalue weighted by Crippen LogP contribution is -2.14. The highest BCUT2D eigenvalue weighted by atomic mass is 16.7. The Morgan fingerprint density at radius 3 is 1.68 bits per heavy atom. The van der Waals surface area contributed by atoms with Gasteiger partial charge in [-0.15, -0.1) is 0 Å². The van der Waals surface area contributed by atoms with Gasteiger partial charge in [0.1, 0.15) is 5.75 Å². The van der Waals surface area contributed by atoms with Gasteiger partial charge in [-0.05, 0) is 36.8 Å². The highest BCUT2D eigenvalue weighted by Gasteiger charge is 2.24. The molecule has 0 saturated carbocycles. The highest BCUT2D eigenvalue weighted by Crippen LogP contribution is 2.45. The minimum atomic E-state index is -0.731. The molecule has 6 nitrogen and oxygen atoms in total. The fraction of sp³-hybridized carbons (Fsp3) is 0.500. The Kier molecular flexibility index (Phi) is 11.7. The molecule has 0 unspecified atom stereocenters. The topological polar surface area (TPSA) is 71.1 Å². The van der Waals surface area contributed by atoms with Gasteiger partial charge in [0.05, 0.1) is 13.2 Å². The van der Waals surface area contributed by atoms with Crippen LogP contribution >= 0.6 is 0 Å². The molecule has 6 heteroatoms. The zero-order valence-corrected chi connectivity index (χ0v) is 23.4. The van der Waals surface area contributed by atoms with E-state index in [2.05, 4.69) is 33.8 Å². The number of fused-ring (bicyclic) bond motifs is 2. The van der Waals surface area contributed by atoms with E-state index < -0.39 is 12.3 Å². The van der Waals surface area contributed by atoms with Crippen molar-refractivity contribution in [2.75, 3.05) is 13.2 Å². The van der Waals surface area contributed by atoms with Gasteiger partial charge in [-0.1, -0.05) is 103 Å². The summed E-state index contributed by atoms with van der Waals surface area (Å²) in [5, 5.41) is 2.81. The molecule has 0 saturated heterocycles. The molecule has 0 bridgehead atoms. The normalized spacial score (nSPS) is 11.1. The predicted molar refractivity (Wildman–Crippen MR) is 152 cm³/mol. The molecule has 0 spiro atoms. The monoisotopic (exact) mass is 522 g/mol. The third kappa shape index (κ3) is 7.40. The molecule has 3 aromatic rings. The van der Waals surface area contributed by atoms with Crippen molar-refractivity contribution in [1.29, 1.82) is 0 Å². The van der Waals surface area contributed by atoms with Crippen LogP contribution in [0, 0.1) is 0 Å². The maximum Gasteiger partial charge on any atom is 0.513 e. The first-order valence-corrected chi connectivity index (χ1v) is 14.2.